The van der Waals surface area contributed by atoms with Crippen molar-refractivity contribution in [1.29, 1.82) is 0 Å². The highest BCUT2D eigenvalue weighted by molar-refractivity contribution is 4.72. The van der Waals surface area contributed by atoms with Crippen LogP contribution in [0, 0.1) is 5.92 Å². The lowest BCUT2D eigenvalue weighted by Gasteiger charge is -2.29. The minimum atomic E-state index is 0.803. The minimum absolute atomic E-state index is 0.803. The Labute approximate surface area is 81.7 Å². The predicted molar refractivity (Wildman–Crippen MR) is 56.8 cm³/mol. The molecule has 0 radical (unpaired) electrons. The third kappa shape index (κ3) is 4.60. The summed E-state index contributed by atoms with van der Waals surface area (Å²) >= 11 is 0. The minimum Gasteiger partial charge on any atom is -0.330 e. The fraction of sp³-hybridized carbons (Fsp3) is 1.00. The van der Waals surface area contributed by atoms with Gasteiger partial charge in [-0.3, -0.25) is 0 Å². The molecule has 3 heteroatoms. The van der Waals surface area contributed by atoms with E-state index < -0.39 is 0 Å². The Balaban J connectivity index is 2.00. The van der Waals surface area contributed by atoms with Crippen LogP contribution in [-0.2, 0) is 0 Å². The van der Waals surface area contributed by atoms with Crippen molar-refractivity contribution in [2.45, 2.75) is 19.3 Å². The summed E-state index contributed by atoms with van der Waals surface area (Å²) in [6.45, 7) is 5.59. The normalized spacial score (nSPS) is 24.9. The SMILES string of the molecule is CN1CCCC(CNCCCN)C1. The van der Waals surface area contributed by atoms with Gasteiger partial charge in [0.25, 0.3) is 0 Å². The van der Waals surface area contributed by atoms with Gasteiger partial charge in [0.15, 0.2) is 0 Å². The summed E-state index contributed by atoms with van der Waals surface area (Å²) in [5.74, 6) is 0.858. The number of nitrogens with one attached hydrogen (secondary N) is 1. The summed E-state index contributed by atoms with van der Waals surface area (Å²) in [5, 5.41) is 3.47. The topological polar surface area (TPSA) is 41.3 Å². The Bertz CT molecular complexity index is 127. The zero-order chi connectivity index (χ0) is 9.52. The molecule has 1 saturated heterocycles. The lowest BCUT2D eigenvalue weighted by Crippen LogP contribution is -2.37. The monoisotopic (exact) mass is 185 g/mol. The number of nitrogens with two attached hydrogens (primary N) is 1. The van der Waals surface area contributed by atoms with Crippen molar-refractivity contribution in [3.05, 3.63) is 0 Å². The van der Waals surface area contributed by atoms with E-state index in [1.807, 2.05) is 0 Å². The van der Waals surface area contributed by atoms with Crippen molar-refractivity contribution in [3.8, 4) is 0 Å². The molecule has 0 aromatic carbocycles. The van der Waals surface area contributed by atoms with Gasteiger partial charge in [0.2, 0.25) is 0 Å². The quantitative estimate of drug-likeness (QED) is 0.604. The number of hydrogen-bond donors (Lipinski definition) is 2. The van der Waals surface area contributed by atoms with Crippen molar-refractivity contribution in [2.75, 3.05) is 39.8 Å². The summed E-state index contributed by atoms with van der Waals surface area (Å²) in [4.78, 5) is 2.43. The zero-order valence-corrected chi connectivity index (χ0v) is 8.76. The van der Waals surface area contributed by atoms with E-state index in [1.165, 1.54) is 32.5 Å². The molecule has 1 aliphatic rings. The van der Waals surface area contributed by atoms with Crippen LogP contribution in [0.15, 0.2) is 0 Å². The molecule has 1 atom stereocenters. The van der Waals surface area contributed by atoms with Gasteiger partial charge in [0.1, 0.15) is 0 Å². The van der Waals surface area contributed by atoms with Crippen molar-refractivity contribution in [3.63, 3.8) is 0 Å². The summed E-state index contributed by atoms with van der Waals surface area (Å²) in [6.07, 6.45) is 3.85. The van der Waals surface area contributed by atoms with Gasteiger partial charge in [-0.1, -0.05) is 0 Å². The van der Waals surface area contributed by atoms with Gasteiger partial charge in [0.05, 0.1) is 0 Å². The molecule has 0 aliphatic carbocycles. The second-order valence-corrected chi connectivity index (χ2v) is 4.12. The second kappa shape index (κ2) is 6.35. The van der Waals surface area contributed by atoms with Crippen molar-refractivity contribution in [1.82, 2.24) is 10.2 Å². The molecule has 13 heavy (non-hydrogen) atoms. The molecule has 1 fully saturated rings. The highest BCUT2D eigenvalue weighted by atomic mass is 15.1. The van der Waals surface area contributed by atoms with E-state index in [0.29, 0.717) is 0 Å². The van der Waals surface area contributed by atoms with Gasteiger partial charge >= 0.3 is 0 Å². The van der Waals surface area contributed by atoms with E-state index in [2.05, 4.69) is 17.3 Å². The molecule has 1 heterocycles. The van der Waals surface area contributed by atoms with Crippen LogP contribution in [0.5, 0.6) is 0 Å². The molecule has 0 bridgehead atoms. The molecule has 0 aromatic rings. The number of likely N-dealkylation sites (tertiary alicyclic amines) is 1. The van der Waals surface area contributed by atoms with Crippen molar-refractivity contribution < 1.29 is 0 Å². The van der Waals surface area contributed by atoms with E-state index in [9.17, 15) is 0 Å². The Hall–Kier alpha value is -0.120. The standard InChI is InChI=1S/C10H23N3/c1-13-7-2-4-10(9-13)8-12-6-3-5-11/h10,12H,2-9,11H2,1H3. The number of rotatable bonds is 5. The molecule has 78 valence electrons. The Morgan fingerprint density at radius 1 is 1.54 bits per heavy atom. The molecule has 1 unspecified atom stereocenters. The average molecular weight is 185 g/mol. The molecule has 1 aliphatic heterocycles. The number of nitrogens with zero attached hydrogens (tertiary/aromatic N) is 1. The van der Waals surface area contributed by atoms with Crippen LogP contribution in [0.3, 0.4) is 0 Å². The molecule has 3 nitrogen and oxygen atoms in total. The Morgan fingerprint density at radius 3 is 3.08 bits per heavy atom. The summed E-state index contributed by atoms with van der Waals surface area (Å²) in [5.41, 5.74) is 5.42. The van der Waals surface area contributed by atoms with Gasteiger partial charge in [-0.05, 0) is 58.4 Å². The highest BCUT2D eigenvalue weighted by Crippen LogP contribution is 2.13. The van der Waals surface area contributed by atoms with Crippen LogP contribution in [-0.4, -0.2) is 44.7 Å². The first-order valence-electron chi connectivity index (χ1n) is 5.42. The molecule has 0 amide bonds. The van der Waals surface area contributed by atoms with Crippen molar-refractivity contribution >= 4 is 0 Å². The first kappa shape index (κ1) is 11.0. The van der Waals surface area contributed by atoms with Gasteiger partial charge in [-0.2, -0.15) is 0 Å². The van der Waals surface area contributed by atoms with Gasteiger partial charge < -0.3 is 16.0 Å². The van der Waals surface area contributed by atoms with Crippen LogP contribution in [0.4, 0.5) is 0 Å². The molecule has 1 rings (SSSR count). The number of piperidine rings is 1. The summed E-state index contributed by atoms with van der Waals surface area (Å²) in [7, 11) is 2.21. The molecule has 0 spiro atoms. The fourth-order valence-corrected chi connectivity index (χ4v) is 1.97. The van der Waals surface area contributed by atoms with E-state index in [1.54, 1.807) is 0 Å². The molecule has 0 saturated carbocycles. The van der Waals surface area contributed by atoms with E-state index >= 15 is 0 Å². The summed E-state index contributed by atoms with van der Waals surface area (Å²) in [6, 6.07) is 0. The van der Waals surface area contributed by atoms with Crippen LogP contribution in [0.25, 0.3) is 0 Å². The maximum atomic E-state index is 5.42. The lowest BCUT2D eigenvalue weighted by molar-refractivity contribution is 0.206. The van der Waals surface area contributed by atoms with Crippen molar-refractivity contribution in [2.24, 2.45) is 11.7 Å². The van der Waals surface area contributed by atoms with Crippen LogP contribution < -0.4 is 11.1 Å². The molecular weight excluding hydrogens is 162 g/mol. The smallest absolute Gasteiger partial charge is 0.00187 e. The van der Waals surface area contributed by atoms with E-state index in [4.69, 9.17) is 5.73 Å². The lowest BCUT2D eigenvalue weighted by atomic mass is 9.98. The van der Waals surface area contributed by atoms with Crippen LogP contribution >= 0.6 is 0 Å². The molecule has 0 aromatic heterocycles. The second-order valence-electron chi connectivity index (χ2n) is 4.12. The average Bonchev–Trinajstić information content (AvgIpc) is 2.13. The van der Waals surface area contributed by atoms with Gasteiger partial charge in [-0.25, -0.2) is 0 Å². The van der Waals surface area contributed by atoms with E-state index in [-0.39, 0.29) is 0 Å². The maximum absolute atomic E-state index is 5.42. The largest absolute Gasteiger partial charge is 0.330 e. The number of hydrogen-bond acceptors (Lipinski definition) is 3. The fourth-order valence-electron chi connectivity index (χ4n) is 1.97. The Kier molecular flexibility index (Phi) is 5.35. The van der Waals surface area contributed by atoms with E-state index in [0.717, 1.165) is 25.4 Å². The first-order chi connectivity index (χ1) is 6.33. The third-order valence-electron chi connectivity index (χ3n) is 2.71. The van der Waals surface area contributed by atoms with Gasteiger partial charge in [0, 0.05) is 6.54 Å². The Morgan fingerprint density at radius 2 is 2.38 bits per heavy atom. The summed E-state index contributed by atoms with van der Waals surface area (Å²) < 4.78 is 0. The van der Waals surface area contributed by atoms with Crippen LogP contribution in [0.1, 0.15) is 19.3 Å². The van der Waals surface area contributed by atoms with Crippen LogP contribution in [0.2, 0.25) is 0 Å². The predicted octanol–water partition coefficient (Wildman–Crippen LogP) is 0.267. The highest BCUT2D eigenvalue weighted by Gasteiger charge is 2.15. The molecule has 3 N–H and O–H groups in total. The third-order valence-corrected chi connectivity index (χ3v) is 2.71. The maximum Gasteiger partial charge on any atom is 0.00187 e. The first-order valence-corrected chi connectivity index (χ1v) is 5.42. The molecular formula is C10H23N3. The van der Waals surface area contributed by atoms with Gasteiger partial charge in [-0.15, -0.1) is 0 Å². The zero-order valence-electron chi connectivity index (χ0n) is 8.76.